The first-order valence-corrected chi connectivity index (χ1v) is 10.3. The van der Waals surface area contributed by atoms with Crippen LogP contribution in [0.4, 0.5) is 0 Å². The van der Waals surface area contributed by atoms with Crippen LogP contribution in [-0.2, 0) is 0 Å². The van der Waals surface area contributed by atoms with E-state index >= 15 is 0 Å². The molecular weight excluding hydrogens is 427 g/mol. The quantitative estimate of drug-likeness (QED) is 0.370. The second-order valence-electron chi connectivity index (χ2n) is 6.37. The minimum absolute atomic E-state index is 0.101. The summed E-state index contributed by atoms with van der Waals surface area (Å²) in [6.07, 6.45) is 1.78. The molecule has 7 heteroatoms. The fourth-order valence-corrected chi connectivity index (χ4v) is 4.41. The monoisotopic (exact) mass is 438 g/mol. The summed E-state index contributed by atoms with van der Waals surface area (Å²) >= 11 is 13.7. The SMILES string of the molecule is O=c1c(=Cc2ccc(Oc3ccc(Cl)cc3)cc2Cl)sc2nc3ccccc3n12. The van der Waals surface area contributed by atoms with Gasteiger partial charge in [0.2, 0.25) is 0 Å². The molecule has 0 aliphatic rings. The van der Waals surface area contributed by atoms with E-state index < -0.39 is 0 Å². The molecule has 0 aliphatic heterocycles. The summed E-state index contributed by atoms with van der Waals surface area (Å²) in [5.74, 6) is 1.26. The van der Waals surface area contributed by atoms with Gasteiger partial charge in [0.1, 0.15) is 11.5 Å². The highest BCUT2D eigenvalue weighted by molar-refractivity contribution is 7.15. The number of hydrogen-bond acceptors (Lipinski definition) is 4. The van der Waals surface area contributed by atoms with Crippen LogP contribution in [0.15, 0.2) is 71.5 Å². The van der Waals surface area contributed by atoms with Gasteiger partial charge in [-0.2, -0.15) is 0 Å². The zero-order chi connectivity index (χ0) is 20.0. The fourth-order valence-electron chi connectivity index (χ4n) is 3.08. The molecule has 0 amide bonds. The molecular formula is C22H12Cl2N2O2S. The van der Waals surface area contributed by atoms with Crippen LogP contribution < -0.4 is 14.8 Å². The number of ether oxygens (including phenoxy) is 1. The molecule has 3 aromatic carbocycles. The van der Waals surface area contributed by atoms with Crippen molar-refractivity contribution in [3.8, 4) is 11.5 Å². The lowest BCUT2D eigenvalue weighted by atomic mass is 10.2. The van der Waals surface area contributed by atoms with Crippen LogP contribution in [0.1, 0.15) is 5.56 Å². The van der Waals surface area contributed by atoms with Gasteiger partial charge in [0.05, 0.1) is 20.6 Å². The molecule has 0 aliphatic carbocycles. The number of thiazole rings is 1. The van der Waals surface area contributed by atoms with E-state index in [2.05, 4.69) is 4.98 Å². The standard InChI is InChI=1S/C22H12Cl2N2O2S/c23-14-6-9-15(10-7-14)28-16-8-5-13(17(24)12-16)11-20-21(27)26-19-4-2-1-3-18(19)25-22(26)29-20/h1-12H. The Morgan fingerprint density at radius 1 is 0.966 bits per heavy atom. The lowest BCUT2D eigenvalue weighted by Crippen LogP contribution is -2.22. The van der Waals surface area contributed by atoms with E-state index in [0.717, 1.165) is 16.6 Å². The molecule has 29 heavy (non-hydrogen) atoms. The van der Waals surface area contributed by atoms with E-state index in [1.165, 1.54) is 11.3 Å². The van der Waals surface area contributed by atoms with Crippen molar-refractivity contribution in [2.24, 2.45) is 0 Å². The molecule has 4 nitrogen and oxygen atoms in total. The van der Waals surface area contributed by atoms with Crippen molar-refractivity contribution < 1.29 is 4.74 Å². The largest absolute Gasteiger partial charge is 0.457 e. The highest BCUT2D eigenvalue weighted by atomic mass is 35.5. The highest BCUT2D eigenvalue weighted by Gasteiger charge is 2.11. The minimum Gasteiger partial charge on any atom is -0.457 e. The third kappa shape index (κ3) is 3.38. The molecule has 0 radical (unpaired) electrons. The maximum atomic E-state index is 12.9. The number of halogens is 2. The van der Waals surface area contributed by atoms with Crippen LogP contribution in [0.3, 0.4) is 0 Å². The summed E-state index contributed by atoms with van der Waals surface area (Å²) in [7, 11) is 0. The van der Waals surface area contributed by atoms with Crippen LogP contribution in [0.2, 0.25) is 10.0 Å². The maximum absolute atomic E-state index is 12.9. The minimum atomic E-state index is -0.101. The van der Waals surface area contributed by atoms with Gasteiger partial charge in [0.15, 0.2) is 4.96 Å². The van der Waals surface area contributed by atoms with Gasteiger partial charge in [-0.05, 0) is 66.2 Å². The fraction of sp³-hybridized carbons (Fsp3) is 0. The zero-order valence-corrected chi connectivity index (χ0v) is 17.1. The number of benzene rings is 3. The average Bonchev–Trinajstić information content (AvgIpc) is 3.22. The van der Waals surface area contributed by atoms with Crippen molar-refractivity contribution in [3.05, 3.63) is 97.2 Å². The number of rotatable bonds is 3. The van der Waals surface area contributed by atoms with Crippen molar-refractivity contribution in [1.29, 1.82) is 0 Å². The molecule has 142 valence electrons. The van der Waals surface area contributed by atoms with Crippen LogP contribution in [0.25, 0.3) is 22.1 Å². The Morgan fingerprint density at radius 3 is 2.52 bits per heavy atom. The Kier molecular flexibility index (Phi) is 4.51. The van der Waals surface area contributed by atoms with Crippen molar-refractivity contribution in [2.45, 2.75) is 0 Å². The molecule has 0 fully saturated rings. The second kappa shape index (κ2) is 7.19. The number of imidazole rings is 1. The van der Waals surface area contributed by atoms with Crippen molar-refractivity contribution in [2.75, 3.05) is 0 Å². The molecule has 0 saturated carbocycles. The molecule has 0 bridgehead atoms. The number of para-hydroxylation sites is 2. The van der Waals surface area contributed by atoms with E-state index in [4.69, 9.17) is 27.9 Å². The van der Waals surface area contributed by atoms with Gasteiger partial charge >= 0.3 is 0 Å². The predicted octanol–water partition coefficient (Wildman–Crippen LogP) is 5.56. The van der Waals surface area contributed by atoms with Gasteiger partial charge < -0.3 is 4.74 Å². The number of aromatic nitrogens is 2. The van der Waals surface area contributed by atoms with Gasteiger partial charge in [-0.3, -0.25) is 4.79 Å². The van der Waals surface area contributed by atoms with Crippen molar-refractivity contribution in [3.63, 3.8) is 0 Å². The molecule has 0 N–H and O–H groups in total. The normalized spacial score (nSPS) is 12.1. The van der Waals surface area contributed by atoms with Gasteiger partial charge in [-0.1, -0.05) is 46.7 Å². The van der Waals surface area contributed by atoms with Crippen LogP contribution in [0, 0.1) is 0 Å². The van der Waals surface area contributed by atoms with E-state index in [-0.39, 0.29) is 5.56 Å². The predicted molar refractivity (Wildman–Crippen MR) is 119 cm³/mol. The molecule has 2 heterocycles. The van der Waals surface area contributed by atoms with Gasteiger partial charge in [0.25, 0.3) is 5.56 Å². The molecule has 5 rings (SSSR count). The Bertz CT molecular complexity index is 1470. The third-order valence-electron chi connectivity index (χ3n) is 4.45. The first kappa shape index (κ1) is 18.2. The lowest BCUT2D eigenvalue weighted by Gasteiger charge is -2.07. The van der Waals surface area contributed by atoms with Gasteiger partial charge in [-0.15, -0.1) is 0 Å². The Labute approximate surface area is 179 Å². The van der Waals surface area contributed by atoms with Crippen molar-refractivity contribution >= 4 is 56.6 Å². The van der Waals surface area contributed by atoms with E-state index in [1.54, 1.807) is 40.8 Å². The molecule has 0 spiro atoms. The van der Waals surface area contributed by atoms with E-state index in [0.29, 0.717) is 31.0 Å². The van der Waals surface area contributed by atoms with Gasteiger partial charge in [-0.25, -0.2) is 9.38 Å². The molecule has 5 aromatic rings. The Balaban J connectivity index is 1.52. The number of fused-ring (bicyclic) bond motifs is 3. The van der Waals surface area contributed by atoms with Crippen LogP contribution >= 0.6 is 34.5 Å². The summed E-state index contributed by atoms with van der Waals surface area (Å²) in [5.41, 5.74) is 2.25. The lowest BCUT2D eigenvalue weighted by molar-refractivity contribution is 0.482. The maximum Gasteiger partial charge on any atom is 0.274 e. The van der Waals surface area contributed by atoms with E-state index in [9.17, 15) is 4.79 Å². The topological polar surface area (TPSA) is 43.6 Å². The number of hydrogen-bond donors (Lipinski definition) is 0. The average molecular weight is 439 g/mol. The summed E-state index contributed by atoms with van der Waals surface area (Å²) < 4.78 is 8.01. The summed E-state index contributed by atoms with van der Waals surface area (Å²) in [6, 6.07) is 20.0. The van der Waals surface area contributed by atoms with Crippen LogP contribution in [0.5, 0.6) is 11.5 Å². The Morgan fingerprint density at radius 2 is 1.72 bits per heavy atom. The van der Waals surface area contributed by atoms with E-state index in [1.807, 2.05) is 36.4 Å². The van der Waals surface area contributed by atoms with Crippen LogP contribution in [-0.4, -0.2) is 9.38 Å². The summed E-state index contributed by atoms with van der Waals surface area (Å²) in [4.78, 5) is 18.1. The first-order chi connectivity index (χ1) is 14.1. The second-order valence-corrected chi connectivity index (χ2v) is 8.23. The molecule has 0 atom stereocenters. The van der Waals surface area contributed by atoms with Crippen molar-refractivity contribution in [1.82, 2.24) is 9.38 Å². The smallest absolute Gasteiger partial charge is 0.274 e. The molecule has 0 unspecified atom stereocenters. The Hall–Kier alpha value is -2.86. The highest BCUT2D eigenvalue weighted by Crippen LogP contribution is 2.28. The molecule has 2 aromatic heterocycles. The number of nitrogens with zero attached hydrogens (tertiary/aromatic N) is 2. The third-order valence-corrected chi connectivity index (χ3v) is 6.00. The first-order valence-electron chi connectivity index (χ1n) is 8.73. The van der Waals surface area contributed by atoms with Gasteiger partial charge in [0, 0.05) is 5.02 Å². The zero-order valence-electron chi connectivity index (χ0n) is 14.8. The molecule has 0 saturated heterocycles. The summed E-state index contributed by atoms with van der Waals surface area (Å²) in [6.45, 7) is 0. The summed E-state index contributed by atoms with van der Waals surface area (Å²) in [5, 5.41) is 1.13.